The average molecular weight is 370 g/mol. The molecule has 2 rings (SSSR count). The van der Waals surface area contributed by atoms with E-state index in [1.807, 2.05) is 42.5 Å². The SMILES string of the molecule is COc1cc(OCc2ccccc2)c(OC)cc1I. The molecule has 0 unspecified atom stereocenters. The van der Waals surface area contributed by atoms with Gasteiger partial charge in [-0.05, 0) is 28.2 Å². The van der Waals surface area contributed by atoms with Gasteiger partial charge in [0.1, 0.15) is 12.4 Å². The van der Waals surface area contributed by atoms with Gasteiger partial charge in [-0.3, -0.25) is 0 Å². The van der Waals surface area contributed by atoms with Crippen molar-refractivity contribution in [1.29, 1.82) is 0 Å². The molecule has 0 aromatic heterocycles. The lowest BCUT2D eigenvalue weighted by Gasteiger charge is -2.13. The van der Waals surface area contributed by atoms with Crippen LogP contribution in [0.25, 0.3) is 0 Å². The molecule has 0 N–H and O–H groups in total. The van der Waals surface area contributed by atoms with E-state index >= 15 is 0 Å². The molecule has 0 saturated carbocycles. The second kappa shape index (κ2) is 6.65. The van der Waals surface area contributed by atoms with E-state index in [0.717, 1.165) is 14.9 Å². The van der Waals surface area contributed by atoms with E-state index in [0.29, 0.717) is 18.1 Å². The molecule has 0 radical (unpaired) electrons. The highest BCUT2D eigenvalue weighted by Gasteiger charge is 2.10. The zero-order valence-electron chi connectivity index (χ0n) is 10.9. The van der Waals surface area contributed by atoms with Crippen LogP contribution in [0.1, 0.15) is 5.56 Å². The van der Waals surface area contributed by atoms with Crippen molar-refractivity contribution >= 4 is 22.6 Å². The lowest BCUT2D eigenvalue weighted by Crippen LogP contribution is -1.99. The topological polar surface area (TPSA) is 27.7 Å². The van der Waals surface area contributed by atoms with Crippen LogP contribution in [0.5, 0.6) is 17.2 Å². The van der Waals surface area contributed by atoms with Gasteiger partial charge in [0.2, 0.25) is 0 Å². The van der Waals surface area contributed by atoms with Crippen molar-refractivity contribution in [1.82, 2.24) is 0 Å². The van der Waals surface area contributed by atoms with Crippen LogP contribution in [0.15, 0.2) is 42.5 Å². The highest BCUT2D eigenvalue weighted by molar-refractivity contribution is 14.1. The van der Waals surface area contributed by atoms with Crippen LogP contribution < -0.4 is 14.2 Å². The van der Waals surface area contributed by atoms with E-state index in [4.69, 9.17) is 14.2 Å². The van der Waals surface area contributed by atoms with E-state index < -0.39 is 0 Å². The molecule has 100 valence electrons. The monoisotopic (exact) mass is 370 g/mol. The van der Waals surface area contributed by atoms with Gasteiger partial charge in [0.05, 0.1) is 17.8 Å². The van der Waals surface area contributed by atoms with Crippen LogP contribution in [-0.4, -0.2) is 14.2 Å². The van der Waals surface area contributed by atoms with E-state index in [-0.39, 0.29) is 0 Å². The van der Waals surface area contributed by atoms with Crippen molar-refractivity contribution < 1.29 is 14.2 Å². The van der Waals surface area contributed by atoms with Crippen molar-refractivity contribution in [2.24, 2.45) is 0 Å². The average Bonchev–Trinajstić information content (AvgIpc) is 2.46. The molecule has 0 heterocycles. The van der Waals surface area contributed by atoms with Crippen LogP contribution in [0.4, 0.5) is 0 Å². The predicted molar refractivity (Wildman–Crippen MR) is 83.0 cm³/mol. The number of hydrogen-bond acceptors (Lipinski definition) is 3. The number of benzene rings is 2. The third-order valence-electron chi connectivity index (χ3n) is 2.68. The molecule has 0 atom stereocenters. The maximum Gasteiger partial charge on any atom is 0.165 e. The Labute approximate surface area is 126 Å². The van der Waals surface area contributed by atoms with Gasteiger partial charge in [0.15, 0.2) is 11.5 Å². The predicted octanol–water partition coefficient (Wildman–Crippen LogP) is 3.89. The summed E-state index contributed by atoms with van der Waals surface area (Å²) >= 11 is 2.21. The van der Waals surface area contributed by atoms with Crippen molar-refractivity contribution in [3.63, 3.8) is 0 Å². The molecular weight excluding hydrogens is 355 g/mol. The molecule has 19 heavy (non-hydrogen) atoms. The molecule has 0 aliphatic heterocycles. The molecule has 4 heteroatoms. The maximum absolute atomic E-state index is 5.80. The zero-order chi connectivity index (χ0) is 13.7. The molecule has 0 fully saturated rings. The summed E-state index contributed by atoms with van der Waals surface area (Å²) in [5.74, 6) is 2.18. The number of hydrogen-bond donors (Lipinski definition) is 0. The molecule has 0 bridgehead atoms. The van der Waals surface area contributed by atoms with Crippen molar-refractivity contribution in [2.75, 3.05) is 14.2 Å². The lowest BCUT2D eigenvalue weighted by molar-refractivity contribution is 0.282. The Morgan fingerprint density at radius 3 is 2.21 bits per heavy atom. The summed E-state index contributed by atoms with van der Waals surface area (Å²) in [6.45, 7) is 0.501. The summed E-state index contributed by atoms with van der Waals surface area (Å²) in [7, 11) is 3.28. The summed E-state index contributed by atoms with van der Waals surface area (Å²) in [5.41, 5.74) is 1.11. The van der Waals surface area contributed by atoms with E-state index in [1.54, 1.807) is 14.2 Å². The van der Waals surface area contributed by atoms with Gasteiger partial charge >= 0.3 is 0 Å². The van der Waals surface area contributed by atoms with Crippen LogP contribution in [0.2, 0.25) is 0 Å². The van der Waals surface area contributed by atoms with Crippen LogP contribution in [0, 0.1) is 3.57 Å². The molecule has 0 spiro atoms. The zero-order valence-corrected chi connectivity index (χ0v) is 13.0. The maximum atomic E-state index is 5.80. The number of halogens is 1. The molecule has 3 nitrogen and oxygen atoms in total. The second-order valence-corrected chi connectivity index (χ2v) is 5.07. The fourth-order valence-electron chi connectivity index (χ4n) is 1.68. The molecule has 2 aromatic carbocycles. The van der Waals surface area contributed by atoms with Gasteiger partial charge < -0.3 is 14.2 Å². The number of rotatable bonds is 5. The minimum absolute atomic E-state index is 0.501. The molecule has 2 aromatic rings. The molecule has 0 amide bonds. The Kier molecular flexibility index (Phi) is 4.90. The van der Waals surface area contributed by atoms with Crippen LogP contribution >= 0.6 is 22.6 Å². The summed E-state index contributed by atoms with van der Waals surface area (Å²) in [6.07, 6.45) is 0. The van der Waals surface area contributed by atoms with Gasteiger partial charge in [-0.1, -0.05) is 30.3 Å². The van der Waals surface area contributed by atoms with E-state index in [1.165, 1.54) is 0 Å². The normalized spacial score (nSPS) is 10.1. The van der Waals surface area contributed by atoms with Crippen molar-refractivity contribution in [2.45, 2.75) is 6.61 Å². The summed E-state index contributed by atoms with van der Waals surface area (Å²) in [5, 5.41) is 0. The first kappa shape index (κ1) is 14.0. The molecular formula is C15H15IO3. The Morgan fingerprint density at radius 1 is 0.895 bits per heavy atom. The number of ether oxygens (including phenoxy) is 3. The fourth-order valence-corrected chi connectivity index (χ4v) is 2.34. The summed E-state index contributed by atoms with van der Waals surface area (Å²) in [6, 6.07) is 13.8. The standard InChI is InChI=1S/C15H15IO3/c1-17-13-9-15(14(18-2)8-12(13)16)19-10-11-6-4-3-5-7-11/h3-9H,10H2,1-2H3. The largest absolute Gasteiger partial charge is 0.496 e. The minimum Gasteiger partial charge on any atom is -0.496 e. The van der Waals surface area contributed by atoms with Gasteiger partial charge in [0, 0.05) is 12.1 Å². The second-order valence-electron chi connectivity index (χ2n) is 3.91. The first-order chi connectivity index (χ1) is 9.24. The van der Waals surface area contributed by atoms with Crippen LogP contribution in [0.3, 0.4) is 0 Å². The minimum atomic E-state index is 0.501. The lowest BCUT2D eigenvalue weighted by atomic mass is 10.2. The molecule has 0 saturated heterocycles. The van der Waals surface area contributed by atoms with Crippen LogP contribution in [-0.2, 0) is 6.61 Å². The third kappa shape index (κ3) is 3.53. The highest BCUT2D eigenvalue weighted by atomic mass is 127. The molecule has 0 aliphatic rings. The van der Waals surface area contributed by atoms with E-state index in [2.05, 4.69) is 22.6 Å². The first-order valence-electron chi connectivity index (χ1n) is 5.83. The smallest absolute Gasteiger partial charge is 0.165 e. The molecule has 0 aliphatic carbocycles. The van der Waals surface area contributed by atoms with Crippen molar-refractivity contribution in [3.8, 4) is 17.2 Å². The Morgan fingerprint density at radius 2 is 1.58 bits per heavy atom. The third-order valence-corrected chi connectivity index (χ3v) is 3.52. The van der Waals surface area contributed by atoms with Gasteiger partial charge in [-0.15, -0.1) is 0 Å². The quantitative estimate of drug-likeness (QED) is 0.748. The first-order valence-corrected chi connectivity index (χ1v) is 6.90. The Balaban J connectivity index is 2.19. The Hall–Kier alpha value is -1.43. The van der Waals surface area contributed by atoms with Gasteiger partial charge in [-0.2, -0.15) is 0 Å². The Bertz CT molecular complexity index is 541. The number of methoxy groups -OCH3 is 2. The summed E-state index contributed by atoms with van der Waals surface area (Å²) < 4.78 is 17.4. The van der Waals surface area contributed by atoms with Gasteiger partial charge in [0.25, 0.3) is 0 Å². The summed E-state index contributed by atoms with van der Waals surface area (Å²) in [4.78, 5) is 0. The van der Waals surface area contributed by atoms with E-state index in [9.17, 15) is 0 Å². The van der Waals surface area contributed by atoms with Crippen molar-refractivity contribution in [3.05, 3.63) is 51.6 Å². The fraction of sp³-hybridized carbons (Fsp3) is 0.200. The van der Waals surface area contributed by atoms with Gasteiger partial charge in [-0.25, -0.2) is 0 Å². The highest BCUT2D eigenvalue weighted by Crippen LogP contribution is 2.35.